The Morgan fingerprint density at radius 3 is 1.88 bits per heavy atom. The van der Waals surface area contributed by atoms with Crippen LogP contribution in [0.1, 0.15) is 53.5 Å². The van der Waals surface area contributed by atoms with Gasteiger partial charge in [0.2, 0.25) is 0 Å². The summed E-state index contributed by atoms with van der Waals surface area (Å²) >= 11 is 0. The van der Waals surface area contributed by atoms with E-state index in [0.29, 0.717) is 0 Å². The van der Waals surface area contributed by atoms with Crippen LogP contribution in [0.3, 0.4) is 0 Å². The number of rotatable bonds is 4. The highest BCUT2D eigenvalue weighted by Crippen LogP contribution is 2.31. The van der Waals surface area contributed by atoms with Crippen molar-refractivity contribution in [2.75, 3.05) is 7.11 Å². The average Bonchev–Trinajstić information content (AvgIpc) is 2.30. The lowest BCUT2D eigenvalue weighted by molar-refractivity contribution is 0.396. The van der Waals surface area contributed by atoms with E-state index in [-0.39, 0.29) is 5.41 Å². The van der Waals surface area contributed by atoms with E-state index in [4.69, 9.17) is 4.74 Å². The summed E-state index contributed by atoms with van der Waals surface area (Å²) in [6, 6.07) is 8.41. The molecule has 0 spiro atoms. The smallest absolute Gasteiger partial charge is 0.118 e. The van der Waals surface area contributed by atoms with Gasteiger partial charge in [-0.05, 0) is 35.4 Å². The number of hydrogen-bond acceptors (Lipinski definition) is 1. The minimum atomic E-state index is 0.250. The zero-order chi connectivity index (χ0) is 13.5. The van der Waals surface area contributed by atoms with E-state index in [1.54, 1.807) is 7.11 Å². The molecule has 1 heteroatoms. The standard InChI is InChI=1S/C14H22O.C2H6/c1-11(2)10-14(3,4)12-6-8-13(15-5)9-7-12;1-2/h6-9,11H,10H2,1-5H3;1-2H3. The molecule has 0 aliphatic rings. The van der Waals surface area contributed by atoms with E-state index in [1.807, 2.05) is 26.0 Å². The molecule has 0 aliphatic heterocycles. The van der Waals surface area contributed by atoms with Gasteiger partial charge in [-0.2, -0.15) is 0 Å². The maximum absolute atomic E-state index is 5.16. The molecule has 1 nitrogen and oxygen atoms in total. The molecular formula is C16H28O. The Morgan fingerprint density at radius 2 is 1.53 bits per heavy atom. The van der Waals surface area contributed by atoms with Gasteiger partial charge in [-0.25, -0.2) is 0 Å². The lowest BCUT2D eigenvalue weighted by atomic mass is 9.78. The van der Waals surface area contributed by atoms with Crippen LogP contribution in [-0.4, -0.2) is 7.11 Å². The van der Waals surface area contributed by atoms with E-state index in [1.165, 1.54) is 12.0 Å². The first-order valence-corrected chi connectivity index (χ1v) is 6.60. The monoisotopic (exact) mass is 236 g/mol. The molecule has 0 amide bonds. The molecule has 0 N–H and O–H groups in total. The van der Waals surface area contributed by atoms with E-state index in [2.05, 4.69) is 39.8 Å². The number of methoxy groups -OCH3 is 1. The third-order valence-corrected chi connectivity index (χ3v) is 2.79. The molecule has 1 rings (SSSR count). The minimum Gasteiger partial charge on any atom is -0.497 e. The normalized spacial score (nSPS) is 10.8. The predicted molar refractivity (Wildman–Crippen MR) is 76.8 cm³/mol. The van der Waals surface area contributed by atoms with Crippen molar-refractivity contribution in [1.29, 1.82) is 0 Å². The second kappa shape index (κ2) is 7.37. The van der Waals surface area contributed by atoms with Gasteiger partial charge in [-0.3, -0.25) is 0 Å². The Bertz CT molecular complexity index is 296. The third kappa shape index (κ3) is 5.25. The Balaban J connectivity index is 0.00000121. The molecule has 0 bridgehead atoms. The van der Waals surface area contributed by atoms with Gasteiger partial charge in [0.05, 0.1) is 7.11 Å². The Hall–Kier alpha value is -0.980. The fourth-order valence-corrected chi connectivity index (χ4v) is 2.18. The van der Waals surface area contributed by atoms with Crippen LogP contribution in [0.5, 0.6) is 5.75 Å². The van der Waals surface area contributed by atoms with E-state index < -0.39 is 0 Å². The summed E-state index contributed by atoms with van der Waals surface area (Å²) in [5, 5.41) is 0. The van der Waals surface area contributed by atoms with Crippen molar-refractivity contribution in [3.8, 4) is 5.75 Å². The first kappa shape index (κ1) is 16.0. The molecule has 1 aromatic rings. The zero-order valence-corrected chi connectivity index (χ0v) is 12.5. The van der Waals surface area contributed by atoms with Gasteiger partial charge in [0.25, 0.3) is 0 Å². The van der Waals surface area contributed by atoms with Crippen LogP contribution in [0.2, 0.25) is 0 Å². The predicted octanol–water partition coefficient (Wildman–Crippen LogP) is 5.05. The van der Waals surface area contributed by atoms with Crippen LogP contribution >= 0.6 is 0 Å². The van der Waals surface area contributed by atoms with E-state index >= 15 is 0 Å². The fourth-order valence-electron chi connectivity index (χ4n) is 2.18. The van der Waals surface area contributed by atoms with Gasteiger partial charge in [0, 0.05) is 0 Å². The summed E-state index contributed by atoms with van der Waals surface area (Å²) < 4.78 is 5.16. The first-order chi connectivity index (χ1) is 7.95. The van der Waals surface area contributed by atoms with Crippen LogP contribution in [0.4, 0.5) is 0 Å². The van der Waals surface area contributed by atoms with Gasteiger partial charge in [0.15, 0.2) is 0 Å². The molecule has 1 aromatic carbocycles. The zero-order valence-electron chi connectivity index (χ0n) is 12.5. The summed E-state index contributed by atoms with van der Waals surface area (Å²) in [6.45, 7) is 13.1. The number of benzene rings is 1. The topological polar surface area (TPSA) is 9.23 Å². The van der Waals surface area contributed by atoms with Gasteiger partial charge in [-0.15, -0.1) is 0 Å². The molecule has 0 saturated heterocycles. The molecule has 98 valence electrons. The van der Waals surface area contributed by atoms with Crippen molar-refractivity contribution in [3.05, 3.63) is 29.8 Å². The summed E-state index contributed by atoms with van der Waals surface area (Å²) in [5.74, 6) is 1.65. The highest BCUT2D eigenvalue weighted by Gasteiger charge is 2.21. The van der Waals surface area contributed by atoms with Gasteiger partial charge < -0.3 is 4.74 Å². The number of hydrogen-bond donors (Lipinski definition) is 0. The minimum absolute atomic E-state index is 0.250. The molecule has 0 unspecified atom stereocenters. The molecule has 17 heavy (non-hydrogen) atoms. The van der Waals surface area contributed by atoms with Crippen LogP contribution < -0.4 is 4.74 Å². The van der Waals surface area contributed by atoms with Crippen molar-refractivity contribution in [2.24, 2.45) is 5.92 Å². The van der Waals surface area contributed by atoms with Crippen molar-refractivity contribution in [3.63, 3.8) is 0 Å². The SMILES string of the molecule is CC.COc1ccc(C(C)(C)CC(C)C)cc1. The lowest BCUT2D eigenvalue weighted by Crippen LogP contribution is -2.19. The maximum atomic E-state index is 5.16. The van der Waals surface area contributed by atoms with Crippen molar-refractivity contribution >= 4 is 0 Å². The second-order valence-corrected chi connectivity index (χ2v) is 5.21. The summed E-state index contributed by atoms with van der Waals surface area (Å²) in [6.07, 6.45) is 1.21. The molecule has 0 atom stereocenters. The third-order valence-electron chi connectivity index (χ3n) is 2.79. The van der Waals surface area contributed by atoms with Crippen LogP contribution in [0.25, 0.3) is 0 Å². The quantitative estimate of drug-likeness (QED) is 0.711. The Morgan fingerprint density at radius 1 is 1.06 bits per heavy atom. The molecule has 0 aliphatic carbocycles. The Kier molecular flexibility index (Phi) is 6.94. The second-order valence-electron chi connectivity index (χ2n) is 5.21. The molecule has 0 aromatic heterocycles. The molecule has 0 radical (unpaired) electrons. The molecular weight excluding hydrogens is 208 g/mol. The average molecular weight is 236 g/mol. The van der Waals surface area contributed by atoms with Crippen molar-refractivity contribution in [1.82, 2.24) is 0 Å². The lowest BCUT2D eigenvalue weighted by Gasteiger charge is -2.27. The molecule has 0 fully saturated rings. The van der Waals surface area contributed by atoms with Crippen LogP contribution in [-0.2, 0) is 5.41 Å². The van der Waals surface area contributed by atoms with E-state index in [9.17, 15) is 0 Å². The largest absolute Gasteiger partial charge is 0.497 e. The van der Waals surface area contributed by atoms with Crippen LogP contribution in [0.15, 0.2) is 24.3 Å². The van der Waals surface area contributed by atoms with Gasteiger partial charge in [-0.1, -0.05) is 53.7 Å². The fraction of sp³-hybridized carbons (Fsp3) is 0.625. The first-order valence-electron chi connectivity index (χ1n) is 6.60. The molecule has 0 heterocycles. The highest BCUT2D eigenvalue weighted by molar-refractivity contribution is 5.31. The van der Waals surface area contributed by atoms with Crippen LogP contribution in [0, 0.1) is 5.92 Å². The van der Waals surface area contributed by atoms with E-state index in [0.717, 1.165) is 11.7 Å². The number of ether oxygens (including phenoxy) is 1. The van der Waals surface area contributed by atoms with Crippen molar-refractivity contribution in [2.45, 2.75) is 53.4 Å². The van der Waals surface area contributed by atoms with Gasteiger partial charge in [0.1, 0.15) is 5.75 Å². The van der Waals surface area contributed by atoms with Gasteiger partial charge >= 0.3 is 0 Å². The van der Waals surface area contributed by atoms with Crippen molar-refractivity contribution < 1.29 is 4.74 Å². The molecule has 0 saturated carbocycles. The maximum Gasteiger partial charge on any atom is 0.118 e. The summed E-state index contributed by atoms with van der Waals surface area (Å²) in [5.41, 5.74) is 1.64. The Labute approximate surface area is 107 Å². The highest BCUT2D eigenvalue weighted by atomic mass is 16.5. The summed E-state index contributed by atoms with van der Waals surface area (Å²) in [7, 11) is 1.70. The summed E-state index contributed by atoms with van der Waals surface area (Å²) in [4.78, 5) is 0.